The number of ketones is 1. The Kier molecular flexibility index (Phi) is 12.8. The number of likely N-dealkylation sites (tertiary alicyclic amines) is 1. The molecule has 2 heterocycles. The molecule has 63 heavy (non-hydrogen) atoms. The zero-order valence-corrected chi connectivity index (χ0v) is 36.2. The number of fused-ring (bicyclic) bond motifs is 2. The molecule has 0 spiro atoms. The molecule has 5 aromatic rings. The van der Waals surface area contributed by atoms with Gasteiger partial charge in [0.25, 0.3) is 10.1 Å². The Morgan fingerprint density at radius 2 is 1.52 bits per heavy atom. The van der Waals surface area contributed by atoms with Gasteiger partial charge in [-0.05, 0) is 104 Å². The van der Waals surface area contributed by atoms with E-state index in [1.165, 1.54) is 12.1 Å². The molecule has 0 bridgehead atoms. The van der Waals surface area contributed by atoms with Crippen molar-refractivity contribution in [2.45, 2.75) is 43.5 Å². The predicted octanol–water partition coefficient (Wildman–Crippen LogP) is 8.58. The highest BCUT2D eigenvalue weighted by Gasteiger charge is 2.27. The first kappa shape index (κ1) is 43.1. The maximum atomic E-state index is 13.3. The molecular weight excluding hydrogens is 813 g/mol. The minimum atomic E-state index is -4.32. The smallest absolute Gasteiger partial charge is 0.294 e. The van der Waals surface area contributed by atoms with Gasteiger partial charge < -0.3 is 19.7 Å². The van der Waals surface area contributed by atoms with E-state index < -0.39 is 10.1 Å². The van der Waals surface area contributed by atoms with Crippen molar-refractivity contribution in [2.75, 3.05) is 38.6 Å². The number of nitrogens with one attached hydrogen (secondary N) is 1. The van der Waals surface area contributed by atoms with Crippen molar-refractivity contribution in [1.82, 2.24) is 14.8 Å². The number of phenols is 1. The SMILES string of the molecule is CN(c1ccccc1)c1ccc2c(-c3ccccc3CN3CCC(C(=O)CCC(=O)NCCc4ccc(O)cc4)CC3)c3ccc(=[N+](C)c4ccc(S(=O)(=O)O)cc4)cc-3oc2c1. The second-order valence-electron chi connectivity index (χ2n) is 16.2. The molecular formula is C51H51N4O7S+. The fourth-order valence-electron chi connectivity index (χ4n) is 8.46. The summed E-state index contributed by atoms with van der Waals surface area (Å²) < 4.78 is 41.6. The van der Waals surface area contributed by atoms with E-state index in [1.807, 2.05) is 61.1 Å². The third-order valence-electron chi connectivity index (χ3n) is 12.1. The molecule has 1 fully saturated rings. The summed E-state index contributed by atoms with van der Waals surface area (Å²) in [6.07, 6.45) is 2.55. The number of para-hydroxylation sites is 1. The van der Waals surface area contributed by atoms with Crippen LogP contribution in [0.3, 0.4) is 0 Å². The molecule has 1 aliphatic carbocycles. The second-order valence-corrected chi connectivity index (χ2v) is 17.6. The van der Waals surface area contributed by atoms with Crippen molar-refractivity contribution in [3.05, 3.63) is 156 Å². The monoisotopic (exact) mass is 863 g/mol. The zero-order valence-electron chi connectivity index (χ0n) is 35.4. The van der Waals surface area contributed by atoms with Gasteiger partial charge in [-0.15, -0.1) is 0 Å². The topological polar surface area (TPSA) is 143 Å². The molecule has 2 aliphatic heterocycles. The molecule has 0 saturated carbocycles. The number of Topliss-reactive ketones (excluding diaryl/α,β-unsaturated/α-hetero) is 1. The number of amides is 1. The molecule has 3 N–H and O–H groups in total. The summed E-state index contributed by atoms with van der Waals surface area (Å²) in [5.74, 6) is 0.839. The van der Waals surface area contributed by atoms with E-state index >= 15 is 0 Å². The van der Waals surface area contributed by atoms with Gasteiger partial charge in [-0.25, -0.2) is 0 Å². The molecule has 0 unspecified atom stereocenters. The second kappa shape index (κ2) is 18.8. The van der Waals surface area contributed by atoms with Crippen LogP contribution in [0.5, 0.6) is 5.75 Å². The molecule has 0 aromatic heterocycles. The largest absolute Gasteiger partial charge is 0.508 e. The van der Waals surface area contributed by atoms with Crippen molar-refractivity contribution >= 4 is 49.8 Å². The average Bonchev–Trinajstić information content (AvgIpc) is 3.30. The van der Waals surface area contributed by atoms with Crippen molar-refractivity contribution in [3.8, 4) is 28.2 Å². The molecule has 12 heteroatoms. The van der Waals surface area contributed by atoms with Gasteiger partial charge in [-0.3, -0.25) is 19.0 Å². The molecule has 11 nitrogen and oxygen atoms in total. The number of piperidine rings is 1. The third kappa shape index (κ3) is 10.0. The number of anilines is 2. The predicted molar refractivity (Wildman–Crippen MR) is 247 cm³/mol. The maximum absolute atomic E-state index is 13.3. The Labute approximate surface area is 367 Å². The first-order chi connectivity index (χ1) is 30.4. The van der Waals surface area contributed by atoms with Crippen LogP contribution in [0.25, 0.3) is 33.4 Å². The summed E-state index contributed by atoms with van der Waals surface area (Å²) in [4.78, 5) is 30.2. The number of aromatic hydroxyl groups is 1. The van der Waals surface area contributed by atoms with Crippen LogP contribution >= 0.6 is 0 Å². The Morgan fingerprint density at radius 3 is 2.25 bits per heavy atom. The lowest BCUT2D eigenvalue weighted by Crippen LogP contribution is -2.36. The van der Waals surface area contributed by atoms with Crippen LogP contribution in [0, 0.1) is 5.92 Å². The highest BCUT2D eigenvalue weighted by Crippen LogP contribution is 2.43. The highest BCUT2D eigenvalue weighted by molar-refractivity contribution is 7.85. The summed E-state index contributed by atoms with van der Waals surface area (Å²) >= 11 is 0. The molecule has 1 saturated heterocycles. The van der Waals surface area contributed by atoms with E-state index in [-0.39, 0.29) is 41.1 Å². The van der Waals surface area contributed by atoms with Gasteiger partial charge in [-0.2, -0.15) is 13.0 Å². The molecule has 5 aromatic carbocycles. The first-order valence-electron chi connectivity index (χ1n) is 21.2. The average molecular weight is 864 g/mol. The standard InChI is InChI=1S/C51H50N4O7S/c1-53(38-9-4-3-5-10-38)40-16-22-45-48(32-40)62-49-33-41(54(2)39-14-20-43(21-15-39)63(59,60)61)17-23-46(49)51(45)44-11-7-6-8-37(44)34-55-30-27-36(28-31-55)47(57)24-25-50(58)52-29-26-35-12-18-42(56)19-13-35/h3-23,32-33,36H,24-31,34H2,1-2H3,(H2-,52,56,58,59,60,61)/p+1. The molecule has 0 atom stereocenters. The number of nitrogens with zero attached hydrogens (tertiary/aromatic N) is 3. The first-order valence-corrected chi connectivity index (χ1v) is 22.7. The van der Waals surface area contributed by atoms with Gasteiger partial charge in [0.15, 0.2) is 0 Å². The molecule has 0 radical (unpaired) electrons. The molecule has 8 rings (SSSR count). The van der Waals surface area contributed by atoms with Gasteiger partial charge in [0.05, 0.1) is 11.0 Å². The lowest BCUT2D eigenvalue weighted by molar-refractivity contribution is -0.128. The minimum Gasteiger partial charge on any atom is -0.508 e. The van der Waals surface area contributed by atoms with Crippen LogP contribution in [0.1, 0.15) is 36.8 Å². The van der Waals surface area contributed by atoms with E-state index in [4.69, 9.17) is 4.42 Å². The molecule has 3 aliphatic rings. The number of benzene rings is 6. The summed E-state index contributed by atoms with van der Waals surface area (Å²) in [5, 5.41) is 14.2. The normalized spacial score (nSPS) is 14.1. The number of carbonyl (C=O) groups is 2. The van der Waals surface area contributed by atoms with E-state index in [0.29, 0.717) is 25.3 Å². The summed E-state index contributed by atoms with van der Waals surface area (Å²) in [6, 6.07) is 44.0. The van der Waals surface area contributed by atoms with E-state index in [9.17, 15) is 27.7 Å². The Hall–Kier alpha value is -6.60. The zero-order chi connectivity index (χ0) is 44.1. The quantitative estimate of drug-likeness (QED) is 0.0557. The van der Waals surface area contributed by atoms with Gasteiger partial charge in [0.1, 0.15) is 29.9 Å². The Balaban J connectivity index is 1.04. The summed E-state index contributed by atoms with van der Waals surface area (Å²) in [7, 11) is -0.397. The van der Waals surface area contributed by atoms with Crippen LogP contribution < -0.4 is 20.1 Å². The van der Waals surface area contributed by atoms with Crippen LogP contribution in [-0.4, -0.2) is 68.4 Å². The van der Waals surface area contributed by atoms with Crippen LogP contribution in [-0.2, 0) is 32.7 Å². The van der Waals surface area contributed by atoms with E-state index in [2.05, 4.69) is 75.8 Å². The van der Waals surface area contributed by atoms with Gasteiger partial charge in [0.2, 0.25) is 17.0 Å². The minimum absolute atomic E-state index is 0.0684. The number of hydrogen-bond acceptors (Lipinski definition) is 8. The van der Waals surface area contributed by atoms with Crippen molar-refractivity contribution < 1.29 is 32.1 Å². The summed E-state index contributed by atoms with van der Waals surface area (Å²) in [5.41, 5.74) is 8.71. The lowest BCUT2D eigenvalue weighted by atomic mass is 9.88. The number of rotatable bonds is 14. The third-order valence-corrected chi connectivity index (χ3v) is 13.0. The van der Waals surface area contributed by atoms with E-state index in [0.717, 1.165) is 87.1 Å². The van der Waals surface area contributed by atoms with Crippen LogP contribution in [0.15, 0.2) is 149 Å². The van der Waals surface area contributed by atoms with Crippen LogP contribution in [0.4, 0.5) is 17.1 Å². The lowest BCUT2D eigenvalue weighted by Gasteiger charge is -2.32. The number of phenolic OH excluding ortho intramolecular Hbond substituents is 1. The van der Waals surface area contributed by atoms with Crippen molar-refractivity contribution in [3.63, 3.8) is 0 Å². The fourth-order valence-corrected chi connectivity index (χ4v) is 8.94. The summed E-state index contributed by atoms with van der Waals surface area (Å²) in [6.45, 7) is 2.71. The van der Waals surface area contributed by atoms with Gasteiger partial charge in [0, 0.05) is 91.1 Å². The molecule has 322 valence electrons. The van der Waals surface area contributed by atoms with Crippen molar-refractivity contribution in [1.29, 1.82) is 0 Å². The highest BCUT2D eigenvalue weighted by atomic mass is 32.2. The van der Waals surface area contributed by atoms with E-state index in [1.54, 1.807) is 24.3 Å². The Bertz CT molecular complexity index is 2910. The van der Waals surface area contributed by atoms with Crippen molar-refractivity contribution in [2.24, 2.45) is 5.92 Å². The van der Waals surface area contributed by atoms with Gasteiger partial charge >= 0.3 is 0 Å². The Morgan fingerprint density at radius 1 is 0.810 bits per heavy atom. The van der Waals surface area contributed by atoms with Gasteiger partial charge in [-0.1, -0.05) is 54.6 Å². The number of carbonyl (C=O) groups excluding carboxylic acids is 2. The maximum Gasteiger partial charge on any atom is 0.294 e. The number of hydrogen-bond donors (Lipinski definition) is 3. The van der Waals surface area contributed by atoms with Crippen LogP contribution in [0.2, 0.25) is 0 Å². The molecule has 1 amide bonds. The fraction of sp³-hybridized carbons (Fsp3) is 0.235.